The van der Waals surface area contributed by atoms with E-state index in [2.05, 4.69) is 35.8 Å². The molecule has 2 fully saturated rings. The van der Waals surface area contributed by atoms with Crippen LogP contribution in [0, 0.1) is 0 Å². The van der Waals surface area contributed by atoms with Gasteiger partial charge in [-0.15, -0.1) is 11.8 Å². The van der Waals surface area contributed by atoms with Gasteiger partial charge in [0.25, 0.3) is 0 Å². The molecule has 0 aromatic rings. The van der Waals surface area contributed by atoms with E-state index in [-0.39, 0.29) is 0 Å². The van der Waals surface area contributed by atoms with Crippen molar-refractivity contribution in [2.24, 2.45) is 0 Å². The molecule has 2 aliphatic rings. The number of likely N-dealkylation sites (tertiary alicyclic amines) is 1. The predicted molar refractivity (Wildman–Crippen MR) is 63.8 cm³/mol. The van der Waals surface area contributed by atoms with Gasteiger partial charge in [0.05, 0.1) is 4.87 Å². The molecular weight excluding hydrogens is 192 g/mol. The zero-order valence-electron chi connectivity index (χ0n) is 9.38. The normalized spacial score (nSPS) is 28.5. The third-order valence-corrected chi connectivity index (χ3v) is 5.08. The molecule has 0 amide bonds. The van der Waals surface area contributed by atoms with Gasteiger partial charge in [-0.05, 0) is 45.4 Å². The fourth-order valence-corrected chi connectivity index (χ4v) is 3.78. The van der Waals surface area contributed by atoms with Crippen LogP contribution in [0.3, 0.4) is 0 Å². The summed E-state index contributed by atoms with van der Waals surface area (Å²) in [7, 11) is 0. The largest absolute Gasteiger partial charge is 0.303 e. The van der Waals surface area contributed by atoms with Gasteiger partial charge in [-0.2, -0.15) is 0 Å². The molecule has 0 aromatic heterocycles. The van der Waals surface area contributed by atoms with E-state index in [1.54, 1.807) is 0 Å². The number of hydrogen-bond acceptors (Lipinski definition) is 3. The Morgan fingerprint density at radius 2 is 2.00 bits per heavy atom. The minimum atomic E-state index is 0.448. The molecule has 0 radical (unpaired) electrons. The summed E-state index contributed by atoms with van der Waals surface area (Å²) < 4.78 is 0. The molecular formula is C11H22N2S. The Morgan fingerprint density at radius 1 is 1.29 bits per heavy atom. The van der Waals surface area contributed by atoms with Crippen LogP contribution in [0.15, 0.2) is 0 Å². The van der Waals surface area contributed by atoms with Gasteiger partial charge in [-0.3, -0.25) is 0 Å². The van der Waals surface area contributed by atoms with Crippen LogP contribution in [-0.2, 0) is 0 Å². The highest BCUT2D eigenvalue weighted by Crippen LogP contribution is 2.36. The molecule has 0 atom stereocenters. The second-order valence-electron chi connectivity index (χ2n) is 4.75. The summed E-state index contributed by atoms with van der Waals surface area (Å²) >= 11 is 2.16. The SMILES string of the molecule is CC(C)N1CCC2(CC1)NCCCS2. The van der Waals surface area contributed by atoms with E-state index in [4.69, 9.17) is 0 Å². The molecule has 2 nitrogen and oxygen atoms in total. The molecule has 2 saturated heterocycles. The lowest BCUT2D eigenvalue weighted by molar-refractivity contribution is 0.148. The van der Waals surface area contributed by atoms with Crippen LogP contribution in [0.4, 0.5) is 0 Å². The van der Waals surface area contributed by atoms with Crippen LogP contribution in [0.2, 0.25) is 0 Å². The zero-order chi connectivity index (χ0) is 10.0. The first-order valence-corrected chi connectivity index (χ1v) is 6.83. The van der Waals surface area contributed by atoms with Gasteiger partial charge < -0.3 is 10.2 Å². The molecule has 14 heavy (non-hydrogen) atoms. The fourth-order valence-electron chi connectivity index (χ4n) is 2.43. The smallest absolute Gasteiger partial charge is 0.0669 e. The van der Waals surface area contributed by atoms with E-state index in [0.29, 0.717) is 4.87 Å². The molecule has 2 aliphatic heterocycles. The van der Waals surface area contributed by atoms with Crippen molar-refractivity contribution >= 4 is 11.8 Å². The molecule has 2 heterocycles. The molecule has 0 aliphatic carbocycles. The lowest BCUT2D eigenvalue weighted by Crippen LogP contribution is -2.54. The average molecular weight is 214 g/mol. The molecule has 1 spiro atoms. The average Bonchev–Trinajstić information content (AvgIpc) is 2.19. The topological polar surface area (TPSA) is 15.3 Å². The second kappa shape index (κ2) is 4.42. The molecule has 0 bridgehead atoms. The van der Waals surface area contributed by atoms with E-state index < -0.39 is 0 Å². The Morgan fingerprint density at radius 3 is 2.50 bits per heavy atom. The lowest BCUT2D eigenvalue weighted by atomic mass is 10.0. The lowest BCUT2D eigenvalue weighted by Gasteiger charge is -2.45. The van der Waals surface area contributed by atoms with Gasteiger partial charge in [0.15, 0.2) is 0 Å². The number of rotatable bonds is 1. The van der Waals surface area contributed by atoms with Crippen LogP contribution in [0.25, 0.3) is 0 Å². The van der Waals surface area contributed by atoms with Gasteiger partial charge >= 0.3 is 0 Å². The molecule has 2 rings (SSSR count). The van der Waals surface area contributed by atoms with E-state index >= 15 is 0 Å². The van der Waals surface area contributed by atoms with E-state index in [0.717, 1.165) is 6.04 Å². The Hall–Kier alpha value is 0.270. The summed E-state index contributed by atoms with van der Waals surface area (Å²) in [5.74, 6) is 1.36. The molecule has 3 heteroatoms. The van der Waals surface area contributed by atoms with Crippen molar-refractivity contribution in [3.63, 3.8) is 0 Å². The summed E-state index contributed by atoms with van der Waals surface area (Å²) in [4.78, 5) is 3.05. The van der Waals surface area contributed by atoms with E-state index in [1.165, 1.54) is 44.6 Å². The number of hydrogen-bond donors (Lipinski definition) is 1. The highest BCUT2D eigenvalue weighted by Gasteiger charge is 2.36. The number of piperidine rings is 1. The second-order valence-corrected chi connectivity index (χ2v) is 6.23. The molecule has 0 aromatic carbocycles. The van der Waals surface area contributed by atoms with Crippen LogP contribution in [-0.4, -0.2) is 41.2 Å². The van der Waals surface area contributed by atoms with E-state index in [9.17, 15) is 0 Å². The first kappa shape index (κ1) is 10.8. The van der Waals surface area contributed by atoms with Gasteiger partial charge in [-0.1, -0.05) is 0 Å². The summed E-state index contributed by atoms with van der Waals surface area (Å²) in [6, 6.07) is 0.723. The first-order valence-electron chi connectivity index (χ1n) is 5.85. The minimum Gasteiger partial charge on any atom is -0.303 e. The summed E-state index contributed by atoms with van der Waals surface area (Å²) in [5, 5.41) is 3.73. The van der Waals surface area contributed by atoms with Crippen molar-refractivity contribution in [3.8, 4) is 0 Å². The number of nitrogens with zero attached hydrogens (tertiary/aromatic N) is 1. The van der Waals surface area contributed by atoms with Gasteiger partial charge in [0.2, 0.25) is 0 Å². The van der Waals surface area contributed by atoms with Crippen LogP contribution >= 0.6 is 11.8 Å². The summed E-state index contributed by atoms with van der Waals surface area (Å²) in [6.45, 7) is 8.39. The van der Waals surface area contributed by atoms with Crippen molar-refractivity contribution in [1.82, 2.24) is 10.2 Å². The monoisotopic (exact) mass is 214 g/mol. The zero-order valence-corrected chi connectivity index (χ0v) is 10.2. The Labute approximate surface area is 91.8 Å². The fraction of sp³-hybridized carbons (Fsp3) is 1.00. The summed E-state index contributed by atoms with van der Waals surface area (Å²) in [6.07, 6.45) is 4.01. The molecule has 0 saturated carbocycles. The van der Waals surface area contributed by atoms with Crippen molar-refractivity contribution in [2.75, 3.05) is 25.4 Å². The Balaban J connectivity index is 1.87. The third-order valence-electron chi connectivity index (χ3n) is 3.48. The predicted octanol–water partition coefficient (Wildman–Crippen LogP) is 1.91. The van der Waals surface area contributed by atoms with Crippen molar-refractivity contribution in [3.05, 3.63) is 0 Å². The summed E-state index contributed by atoms with van der Waals surface area (Å²) in [5.41, 5.74) is 0. The van der Waals surface area contributed by atoms with Crippen molar-refractivity contribution in [2.45, 2.75) is 44.0 Å². The third kappa shape index (κ3) is 2.26. The Bertz CT molecular complexity index is 178. The van der Waals surface area contributed by atoms with Gasteiger partial charge in [-0.25, -0.2) is 0 Å². The highest BCUT2D eigenvalue weighted by molar-refractivity contribution is 8.00. The van der Waals surface area contributed by atoms with E-state index in [1.807, 2.05) is 0 Å². The first-order chi connectivity index (χ1) is 6.72. The number of nitrogens with one attached hydrogen (secondary N) is 1. The van der Waals surface area contributed by atoms with Gasteiger partial charge in [0, 0.05) is 19.1 Å². The maximum atomic E-state index is 3.73. The molecule has 1 N–H and O–H groups in total. The highest BCUT2D eigenvalue weighted by atomic mass is 32.2. The van der Waals surface area contributed by atoms with Crippen molar-refractivity contribution < 1.29 is 0 Å². The standard InChI is InChI=1S/C11H22N2S/c1-10(2)13-7-4-11(5-8-13)12-6-3-9-14-11/h10,12H,3-9H2,1-2H3. The maximum absolute atomic E-state index is 3.73. The van der Waals surface area contributed by atoms with Crippen LogP contribution in [0.5, 0.6) is 0 Å². The van der Waals surface area contributed by atoms with Crippen LogP contribution in [0.1, 0.15) is 33.1 Å². The number of thioether (sulfide) groups is 1. The molecule has 82 valence electrons. The quantitative estimate of drug-likeness (QED) is 0.718. The van der Waals surface area contributed by atoms with Gasteiger partial charge in [0.1, 0.15) is 0 Å². The molecule has 0 unspecified atom stereocenters. The Kier molecular flexibility index (Phi) is 3.40. The van der Waals surface area contributed by atoms with Crippen LogP contribution < -0.4 is 5.32 Å². The maximum Gasteiger partial charge on any atom is 0.0669 e. The van der Waals surface area contributed by atoms with Crippen molar-refractivity contribution in [1.29, 1.82) is 0 Å². The minimum absolute atomic E-state index is 0.448.